The maximum atomic E-state index is 6.05. The smallest absolute Gasteiger partial charge is 0.201 e. The van der Waals surface area contributed by atoms with Crippen LogP contribution in [0.5, 0.6) is 5.75 Å². The van der Waals surface area contributed by atoms with Crippen molar-refractivity contribution in [2.75, 3.05) is 12.3 Å². The SMILES string of the molecule is CCOc1cccc2c1nc(N)n2Cc1ccncc1. The Morgan fingerprint density at radius 3 is 2.75 bits per heavy atom. The van der Waals surface area contributed by atoms with Crippen LogP contribution >= 0.6 is 0 Å². The Kier molecular flexibility index (Phi) is 3.25. The van der Waals surface area contributed by atoms with Gasteiger partial charge in [-0.2, -0.15) is 0 Å². The highest BCUT2D eigenvalue weighted by Crippen LogP contribution is 2.27. The molecule has 102 valence electrons. The highest BCUT2D eigenvalue weighted by Gasteiger charge is 2.12. The maximum absolute atomic E-state index is 6.05. The first-order valence-corrected chi connectivity index (χ1v) is 6.56. The second-order valence-corrected chi connectivity index (χ2v) is 4.47. The van der Waals surface area contributed by atoms with Crippen LogP contribution in [-0.4, -0.2) is 21.1 Å². The molecule has 2 N–H and O–H groups in total. The van der Waals surface area contributed by atoms with E-state index in [0.29, 0.717) is 19.1 Å². The minimum absolute atomic E-state index is 0.490. The topological polar surface area (TPSA) is 66.0 Å². The minimum atomic E-state index is 0.490. The number of aromatic nitrogens is 3. The lowest BCUT2D eigenvalue weighted by atomic mass is 10.2. The number of nitrogen functional groups attached to an aromatic ring is 1. The highest BCUT2D eigenvalue weighted by atomic mass is 16.5. The van der Waals surface area contributed by atoms with Crippen molar-refractivity contribution in [1.29, 1.82) is 0 Å². The lowest BCUT2D eigenvalue weighted by Crippen LogP contribution is -2.04. The summed E-state index contributed by atoms with van der Waals surface area (Å²) in [6.07, 6.45) is 3.55. The fourth-order valence-corrected chi connectivity index (χ4v) is 2.25. The van der Waals surface area contributed by atoms with Crippen molar-refractivity contribution in [3.05, 3.63) is 48.3 Å². The quantitative estimate of drug-likeness (QED) is 0.789. The number of ether oxygens (including phenoxy) is 1. The van der Waals surface area contributed by atoms with Gasteiger partial charge in [-0.1, -0.05) is 6.07 Å². The first-order chi connectivity index (χ1) is 9.79. The van der Waals surface area contributed by atoms with Gasteiger partial charge in [0.1, 0.15) is 11.3 Å². The van der Waals surface area contributed by atoms with E-state index in [0.717, 1.165) is 22.3 Å². The van der Waals surface area contributed by atoms with Crippen LogP contribution in [0.2, 0.25) is 0 Å². The zero-order valence-electron chi connectivity index (χ0n) is 11.3. The predicted octanol–water partition coefficient (Wildman–Crippen LogP) is 2.46. The van der Waals surface area contributed by atoms with Gasteiger partial charge in [-0.25, -0.2) is 4.98 Å². The molecule has 0 fully saturated rings. The Balaban J connectivity index is 2.07. The molecule has 0 saturated heterocycles. The summed E-state index contributed by atoms with van der Waals surface area (Å²) in [5.41, 5.74) is 8.96. The number of anilines is 1. The van der Waals surface area contributed by atoms with E-state index < -0.39 is 0 Å². The number of nitrogens with zero attached hydrogens (tertiary/aromatic N) is 3. The minimum Gasteiger partial charge on any atom is -0.492 e. The van der Waals surface area contributed by atoms with Crippen molar-refractivity contribution in [3.8, 4) is 5.75 Å². The Morgan fingerprint density at radius 1 is 1.20 bits per heavy atom. The van der Waals surface area contributed by atoms with E-state index >= 15 is 0 Å². The van der Waals surface area contributed by atoms with E-state index in [9.17, 15) is 0 Å². The van der Waals surface area contributed by atoms with Gasteiger partial charge in [0.05, 0.1) is 18.7 Å². The van der Waals surface area contributed by atoms with Crippen LogP contribution in [-0.2, 0) is 6.54 Å². The molecule has 0 radical (unpaired) electrons. The normalized spacial score (nSPS) is 10.8. The number of benzene rings is 1. The molecule has 0 unspecified atom stereocenters. The molecule has 0 aliphatic rings. The first-order valence-electron chi connectivity index (χ1n) is 6.56. The molecule has 5 heteroatoms. The summed E-state index contributed by atoms with van der Waals surface area (Å²) in [6, 6.07) is 9.81. The monoisotopic (exact) mass is 268 g/mol. The third kappa shape index (κ3) is 2.18. The van der Waals surface area contributed by atoms with Crippen LogP contribution in [0.1, 0.15) is 12.5 Å². The molecule has 3 aromatic rings. The molecule has 2 aromatic heterocycles. The number of para-hydroxylation sites is 1. The van der Waals surface area contributed by atoms with E-state index in [1.54, 1.807) is 12.4 Å². The molecule has 0 amide bonds. The summed E-state index contributed by atoms with van der Waals surface area (Å²) < 4.78 is 7.58. The van der Waals surface area contributed by atoms with Crippen molar-refractivity contribution in [2.24, 2.45) is 0 Å². The summed E-state index contributed by atoms with van der Waals surface area (Å²) in [7, 11) is 0. The third-order valence-electron chi connectivity index (χ3n) is 3.16. The number of nitrogens with two attached hydrogens (primary N) is 1. The molecule has 1 aromatic carbocycles. The number of fused-ring (bicyclic) bond motifs is 1. The molecule has 2 heterocycles. The lowest BCUT2D eigenvalue weighted by Gasteiger charge is -2.07. The van der Waals surface area contributed by atoms with Crippen molar-refractivity contribution < 1.29 is 4.74 Å². The van der Waals surface area contributed by atoms with Gasteiger partial charge in [0.25, 0.3) is 0 Å². The predicted molar refractivity (Wildman–Crippen MR) is 78.7 cm³/mol. The van der Waals surface area contributed by atoms with Crippen molar-refractivity contribution in [3.63, 3.8) is 0 Å². The Bertz CT molecular complexity index is 721. The molecule has 5 nitrogen and oxygen atoms in total. The van der Waals surface area contributed by atoms with Crippen molar-refractivity contribution >= 4 is 17.0 Å². The van der Waals surface area contributed by atoms with E-state index in [4.69, 9.17) is 10.5 Å². The van der Waals surface area contributed by atoms with E-state index in [-0.39, 0.29) is 0 Å². The van der Waals surface area contributed by atoms with Crippen LogP contribution in [0.4, 0.5) is 5.95 Å². The van der Waals surface area contributed by atoms with E-state index in [1.165, 1.54) is 0 Å². The second kappa shape index (κ2) is 5.21. The average Bonchev–Trinajstić information content (AvgIpc) is 2.78. The van der Waals surface area contributed by atoms with Gasteiger partial charge < -0.3 is 15.0 Å². The van der Waals surface area contributed by atoms with E-state index in [2.05, 4.69) is 9.97 Å². The largest absolute Gasteiger partial charge is 0.492 e. The molecule has 0 saturated carbocycles. The standard InChI is InChI=1S/C15H16N4O/c1-2-20-13-5-3-4-12-14(13)18-15(16)19(12)10-11-6-8-17-9-7-11/h3-9H,2,10H2,1H3,(H2,16,18). The zero-order valence-corrected chi connectivity index (χ0v) is 11.3. The molecule has 0 aliphatic heterocycles. The summed E-state index contributed by atoms with van der Waals surface area (Å²) >= 11 is 0. The van der Waals surface area contributed by atoms with Gasteiger partial charge in [0.2, 0.25) is 5.95 Å². The van der Waals surface area contributed by atoms with Crippen LogP contribution in [0, 0.1) is 0 Å². The molecular weight excluding hydrogens is 252 g/mol. The molecule has 3 rings (SSSR count). The number of imidazole rings is 1. The van der Waals surface area contributed by atoms with Crippen molar-refractivity contribution in [1.82, 2.24) is 14.5 Å². The Morgan fingerprint density at radius 2 is 2.00 bits per heavy atom. The maximum Gasteiger partial charge on any atom is 0.201 e. The Hall–Kier alpha value is -2.56. The van der Waals surface area contributed by atoms with Crippen molar-refractivity contribution in [2.45, 2.75) is 13.5 Å². The van der Waals surface area contributed by atoms with Gasteiger partial charge in [-0.05, 0) is 36.8 Å². The molecule has 0 aliphatic carbocycles. The first kappa shape index (κ1) is 12.5. The van der Waals surface area contributed by atoms with Crippen LogP contribution < -0.4 is 10.5 Å². The van der Waals surface area contributed by atoms with Gasteiger partial charge in [-0.15, -0.1) is 0 Å². The third-order valence-corrected chi connectivity index (χ3v) is 3.16. The number of hydrogen-bond donors (Lipinski definition) is 1. The fraction of sp³-hybridized carbons (Fsp3) is 0.200. The summed E-state index contributed by atoms with van der Waals surface area (Å²) in [4.78, 5) is 8.45. The van der Waals surface area contributed by atoms with Gasteiger partial charge in [0, 0.05) is 12.4 Å². The summed E-state index contributed by atoms with van der Waals surface area (Å²) in [6.45, 7) is 3.23. The summed E-state index contributed by atoms with van der Waals surface area (Å²) in [5, 5.41) is 0. The highest BCUT2D eigenvalue weighted by molar-refractivity contribution is 5.84. The Labute approximate surface area is 117 Å². The molecule has 0 atom stereocenters. The van der Waals surface area contributed by atoms with Gasteiger partial charge >= 0.3 is 0 Å². The van der Waals surface area contributed by atoms with E-state index in [1.807, 2.05) is 41.8 Å². The zero-order chi connectivity index (χ0) is 13.9. The second-order valence-electron chi connectivity index (χ2n) is 4.47. The lowest BCUT2D eigenvalue weighted by molar-refractivity contribution is 0.343. The van der Waals surface area contributed by atoms with Gasteiger partial charge in [-0.3, -0.25) is 4.98 Å². The molecular formula is C15H16N4O. The number of pyridine rings is 1. The van der Waals surface area contributed by atoms with Crippen LogP contribution in [0.3, 0.4) is 0 Å². The number of rotatable bonds is 4. The summed E-state index contributed by atoms with van der Waals surface area (Å²) in [5.74, 6) is 1.26. The van der Waals surface area contributed by atoms with Crippen LogP contribution in [0.25, 0.3) is 11.0 Å². The molecule has 0 bridgehead atoms. The van der Waals surface area contributed by atoms with Crippen LogP contribution in [0.15, 0.2) is 42.7 Å². The average molecular weight is 268 g/mol. The van der Waals surface area contributed by atoms with Gasteiger partial charge in [0.15, 0.2) is 0 Å². The fourth-order valence-electron chi connectivity index (χ4n) is 2.25. The molecule has 0 spiro atoms. The molecule has 20 heavy (non-hydrogen) atoms. The number of hydrogen-bond acceptors (Lipinski definition) is 4.